The van der Waals surface area contributed by atoms with Crippen molar-refractivity contribution in [3.8, 4) is 0 Å². The van der Waals surface area contributed by atoms with Crippen molar-refractivity contribution in [2.24, 2.45) is 0 Å². The topological polar surface area (TPSA) is 75.5 Å². The summed E-state index contributed by atoms with van der Waals surface area (Å²) >= 11 is 0. The molecule has 1 heterocycles. The third-order valence-electron chi connectivity index (χ3n) is 3.41. The number of aromatic nitrogens is 2. The lowest BCUT2D eigenvalue weighted by atomic mass is 9.91. The highest BCUT2D eigenvalue weighted by Gasteiger charge is 2.26. The monoisotopic (exact) mass is 265 g/mol. The van der Waals surface area contributed by atoms with E-state index in [0.29, 0.717) is 12.5 Å². The molecule has 1 aliphatic carbocycles. The zero-order valence-electron chi connectivity index (χ0n) is 11.1. The summed E-state index contributed by atoms with van der Waals surface area (Å²) in [6.07, 6.45) is 4.22. The second-order valence-electron chi connectivity index (χ2n) is 4.62. The number of hydrogen-bond donors (Lipinski definition) is 1. The van der Waals surface area contributed by atoms with E-state index in [-0.39, 0.29) is 12.3 Å². The first-order chi connectivity index (χ1) is 9.26. The number of hydrogen-bond acceptors (Lipinski definition) is 6. The second kappa shape index (κ2) is 6.47. The normalized spacial score (nSPS) is 14.8. The highest BCUT2D eigenvalue weighted by Crippen LogP contribution is 2.28. The number of aliphatic hydroxyl groups is 1. The molecule has 0 saturated heterocycles. The van der Waals surface area contributed by atoms with Crippen LogP contribution in [0.5, 0.6) is 0 Å². The van der Waals surface area contributed by atoms with Gasteiger partial charge in [0.05, 0.1) is 7.11 Å². The van der Waals surface area contributed by atoms with Gasteiger partial charge in [0.1, 0.15) is 0 Å². The highest BCUT2D eigenvalue weighted by atomic mass is 16.5. The molecule has 0 bridgehead atoms. The van der Waals surface area contributed by atoms with Crippen molar-refractivity contribution in [2.45, 2.75) is 31.7 Å². The lowest BCUT2D eigenvalue weighted by Crippen LogP contribution is -2.41. The van der Waals surface area contributed by atoms with E-state index in [9.17, 15) is 4.79 Å². The minimum atomic E-state index is -0.482. The van der Waals surface area contributed by atoms with Crippen molar-refractivity contribution >= 4 is 11.8 Å². The summed E-state index contributed by atoms with van der Waals surface area (Å²) in [6.45, 7) is 0.921. The molecule has 0 spiro atoms. The summed E-state index contributed by atoms with van der Waals surface area (Å²) in [5.41, 5.74) is 0.210. The van der Waals surface area contributed by atoms with Crippen molar-refractivity contribution in [3.63, 3.8) is 0 Å². The summed E-state index contributed by atoms with van der Waals surface area (Å²) in [4.78, 5) is 13.5. The first kappa shape index (κ1) is 13.7. The van der Waals surface area contributed by atoms with E-state index in [1.54, 1.807) is 12.1 Å². The van der Waals surface area contributed by atoms with Gasteiger partial charge in [0.25, 0.3) is 0 Å². The van der Waals surface area contributed by atoms with E-state index in [4.69, 9.17) is 5.11 Å². The summed E-state index contributed by atoms with van der Waals surface area (Å²) in [5, 5.41) is 16.9. The quantitative estimate of drug-likeness (QED) is 0.773. The molecular weight excluding hydrogens is 246 g/mol. The Bertz CT molecular complexity index is 418. The van der Waals surface area contributed by atoms with Crippen LogP contribution in [0.3, 0.4) is 0 Å². The van der Waals surface area contributed by atoms with E-state index in [0.717, 1.165) is 25.2 Å². The maximum Gasteiger partial charge on any atom is 0.358 e. The fourth-order valence-corrected chi connectivity index (χ4v) is 2.12. The molecule has 6 heteroatoms. The number of anilines is 1. The number of ether oxygens (including phenoxy) is 1. The third kappa shape index (κ3) is 3.20. The van der Waals surface area contributed by atoms with E-state index in [2.05, 4.69) is 19.8 Å². The minimum Gasteiger partial charge on any atom is -0.464 e. The molecule has 19 heavy (non-hydrogen) atoms. The van der Waals surface area contributed by atoms with E-state index >= 15 is 0 Å². The lowest BCUT2D eigenvalue weighted by Gasteiger charge is -2.38. The van der Waals surface area contributed by atoms with Gasteiger partial charge >= 0.3 is 5.97 Å². The molecule has 0 aromatic carbocycles. The van der Waals surface area contributed by atoms with Crippen LogP contribution in [-0.2, 0) is 4.74 Å². The average Bonchev–Trinajstić information content (AvgIpc) is 2.40. The van der Waals surface area contributed by atoms with Crippen LogP contribution in [-0.4, -0.2) is 47.6 Å². The number of carbonyl (C=O) groups is 1. The summed E-state index contributed by atoms with van der Waals surface area (Å²) in [7, 11) is 1.32. The van der Waals surface area contributed by atoms with Gasteiger partial charge in [-0.3, -0.25) is 0 Å². The Morgan fingerprint density at radius 2 is 2.26 bits per heavy atom. The number of esters is 1. The van der Waals surface area contributed by atoms with E-state index < -0.39 is 5.97 Å². The van der Waals surface area contributed by atoms with Crippen molar-refractivity contribution < 1.29 is 14.6 Å². The molecule has 0 aliphatic heterocycles. The van der Waals surface area contributed by atoms with Gasteiger partial charge in [0.15, 0.2) is 11.5 Å². The van der Waals surface area contributed by atoms with Crippen molar-refractivity contribution in [3.05, 3.63) is 17.8 Å². The minimum absolute atomic E-state index is 0.164. The van der Waals surface area contributed by atoms with Crippen LogP contribution >= 0.6 is 0 Å². The zero-order chi connectivity index (χ0) is 13.7. The summed E-state index contributed by atoms with van der Waals surface area (Å²) in [6, 6.07) is 3.89. The Morgan fingerprint density at radius 1 is 1.47 bits per heavy atom. The third-order valence-corrected chi connectivity index (χ3v) is 3.41. The van der Waals surface area contributed by atoms with Crippen molar-refractivity contribution in [1.82, 2.24) is 10.2 Å². The highest BCUT2D eigenvalue weighted by molar-refractivity contribution is 5.86. The van der Waals surface area contributed by atoms with Gasteiger partial charge < -0.3 is 14.7 Å². The fraction of sp³-hybridized carbons (Fsp3) is 0.615. The Balaban J connectivity index is 2.09. The first-order valence-corrected chi connectivity index (χ1v) is 6.56. The van der Waals surface area contributed by atoms with Crippen LogP contribution in [0.25, 0.3) is 0 Å². The van der Waals surface area contributed by atoms with Crippen molar-refractivity contribution in [1.29, 1.82) is 0 Å². The molecule has 0 unspecified atom stereocenters. The van der Waals surface area contributed by atoms with Gasteiger partial charge in [0.2, 0.25) is 0 Å². The lowest BCUT2D eigenvalue weighted by molar-refractivity contribution is 0.0592. The molecule has 1 fully saturated rings. The van der Waals surface area contributed by atoms with Gasteiger partial charge in [-0.05, 0) is 37.8 Å². The second-order valence-corrected chi connectivity index (χ2v) is 4.62. The van der Waals surface area contributed by atoms with Crippen LogP contribution < -0.4 is 4.90 Å². The maximum atomic E-state index is 11.3. The maximum absolute atomic E-state index is 11.3. The summed E-state index contributed by atoms with van der Waals surface area (Å²) < 4.78 is 4.59. The predicted molar refractivity (Wildman–Crippen MR) is 70.1 cm³/mol. The molecular formula is C13H19N3O3. The number of nitrogens with zero attached hydrogens (tertiary/aromatic N) is 3. The molecule has 0 atom stereocenters. The molecule has 0 amide bonds. The van der Waals surface area contributed by atoms with Gasteiger partial charge in [-0.1, -0.05) is 0 Å². The molecule has 6 nitrogen and oxygen atoms in total. The molecule has 1 N–H and O–H groups in total. The molecule has 0 radical (unpaired) electrons. The van der Waals surface area contributed by atoms with Gasteiger partial charge in [0, 0.05) is 19.2 Å². The van der Waals surface area contributed by atoms with E-state index in [1.165, 1.54) is 13.5 Å². The van der Waals surface area contributed by atoms with Gasteiger partial charge in [-0.25, -0.2) is 4.79 Å². The van der Waals surface area contributed by atoms with Crippen LogP contribution in [0, 0.1) is 0 Å². The van der Waals surface area contributed by atoms with Gasteiger partial charge in [-0.2, -0.15) is 0 Å². The van der Waals surface area contributed by atoms with Crippen LogP contribution in [0.4, 0.5) is 5.82 Å². The molecule has 1 aliphatic rings. The smallest absolute Gasteiger partial charge is 0.358 e. The SMILES string of the molecule is COC(=O)c1ccc(N(CCCO)C2CCC2)nn1. The standard InChI is InChI=1S/C13H19N3O3/c1-19-13(18)11-6-7-12(15-14-11)16(8-3-9-17)10-4-2-5-10/h6-7,10,17H,2-5,8-9H2,1H3. The van der Waals surface area contributed by atoms with Gasteiger partial charge in [-0.15, -0.1) is 10.2 Å². The predicted octanol–water partition coefficient (Wildman–Crippen LogP) is 1.00. The van der Waals surface area contributed by atoms with E-state index in [1.807, 2.05) is 0 Å². The Morgan fingerprint density at radius 3 is 2.74 bits per heavy atom. The Hall–Kier alpha value is -1.69. The number of rotatable bonds is 6. The van der Waals surface area contributed by atoms with Crippen molar-refractivity contribution in [2.75, 3.05) is 25.2 Å². The zero-order valence-corrected chi connectivity index (χ0v) is 11.1. The molecule has 2 rings (SSSR count). The Labute approximate surface area is 112 Å². The number of aliphatic hydroxyl groups excluding tert-OH is 1. The van der Waals surface area contributed by atoms with Crippen LogP contribution in [0.15, 0.2) is 12.1 Å². The molecule has 1 aromatic rings. The fourth-order valence-electron chi connectivity index (χ4n) is 2.12. The number of carbonyl (C=O) groups excluding carboxylic acids is 1. The molecule has 104 valence electrons. The molecule has 1 aromatic heterocycles. The first-order valence-electron chi connectivity index (χ1n) is 6.56. The van der Waals surface area contributed by atoms with Crippen LogP contribution in [0.1, 0.15) is 36.2 Å². The Kier molecular flexibility index (Phi) is 4.68. The number of methoxy groups -OCH3 is 1. The largest absolute Gasteiger partial charge is 0.464 e. The summed E-state index contributed by atoms with van der Waals surface area (Å²) in [5.74, 6) is 0.274. The van der Waals surface area contributed by atoms with Crippen LogP contribution in [0.2, 0.25) is 0 Å². The molecule has 1 saturated carbocycles. The average molecular weight is 265 g/mol.